The third-order valence-electron chi connectivity index (χ3n) is 3.92. The maximum absolute atomic E-state index is 12.9. The van der Waals surface area contributed by atoms with Crippen LogP contribution in [-0.4, -0.2) is 19.2 Å². The molecule has 7 heteroatoms. The number of anilines is 1. The summed E-state index contributed by atoms with van der Waals surface area (Å²) in [5.41, 5.74) is 2.06. The van der Waals surface area contributed by atoms with Crippen LogP contribution < -0.4 is 15.4 Å². The maximum Gasteiger partial charge on any atom is 0.418 e. The molecule has 0 radical (unpaired) electrons. The lowest BCUT2D eigenvalue weighted by molar-refractivity contribution is -0.136. The molecule has 2 N–H and O–H groups in total. The number of benzene rings is 2. The van der Waals surface area contributed by atoms with Gasteiger partial charge in [-0.1, -0.05) is 18.2 Å². The van der Waals surface area contributed by atoms with Crippen molar-refractivity contribution in [2.24, 2.45) is 0 Å². The van der Waals surface area contributed by atoms with Gasteiger partial charge in [0, 0.05) is 0 Å². The van der Waals surface area contributed by atoms with Gasteiger partial charge in [-0.05, 0) is 55.7 Å². The van der Waals surface area contributed by atoms with Crippen LogP contribution in [0.3, 0.4) is 0 Å². The molecule has 140 valence electrons. The minimum absolute atomic E-state index is 0.159. The summed E-state index contributed by atoms with van der Waals surface area (Å²) in [6, 6.07) is 8.03. The molecule has 2 aromatic carbocycles. The molecule has 0 aliphatic carbocycles. The Morgan fingerprint density at radius 2 is 1.69 bits per heavy atom. The molecule has 2 aromatic rings. The van der Waals surface area contributed by atoms with Gasteiger partial charge in [0.15, 0.2) is 0 Å². The third-order valence-corrected chi connectivity index (χ3v) is 3.92. The monoisotopic (exact) mass is 366 g/mol. The summed E-state index contributed by atoms with van der Waals surface area (Å²) in [6.45, 7) is 6.28. The van der Waals surface area contributed by atoms with Crippen LogP contribution in [0, 0.1) is 20.8 Å². The Balaban J connectivity index is 1.86. The first kappa shape index (κ1) is 19.6. The second kappa shape index (κ2) is 8.12. The predicted octanol–water partition coefficient (Wildman–Crippen LogP) is 4.83. The Labute approximate surface area is 150 Å². The molecule has 0 saturated heterocycles. The Kier molecular flexibility index (Phi) is 6.13. The fourth-order valence-corrected chi connectivity index (χ4v) is 2.42. The third kappa shape index (κ3) is 5.15. The lowest BCUT2D eigenvalue weighted by atomic mass is 10.1. The summed E-state index contributed by atoms with van der Waals surface area (Å²) < 4.78 is 44.3. The van der Waals surface area contributed by atoms with Crippen LogP contribution in [0.2, 0.25) is 0 Å². The van der Waals surface area contributed by atoms with Crippen molar-refractivity contribution < 1.29 is 22.7 Å². The van der Waals surface area contributed by atoms with Gasteiger partial charge >= 0.3 is 12.2 Å². The highest BCUT2D eigenvalue weighted by atomic mass is 19.4. The van der Waals surface area contributed by atoms with E-state index in [1.165, 1.54) is 18.2 Å². The van der Waals surface area contributed by atoms with Crippen molar-refractivity contribution in [3.05, 3.63) is 58.7 Å². The van der Waals surface area contributed by atoms with Crippen LogP contribution in [0.1, 0.15) is 22.3 Å². The number of amides is 2. The molecule has 2 rings (SSSR count). The van der Waals surface area contributed by atoms with E-state index in [2.05, 4.69) is 10.6 Å². The van der Waals surface area contributed by atoms with Gasteiger partial charge in [-0.15, -0.1) is 0 Å². The maximum atomic E-state index is 12.9. The van der Waals surface area contributed by atoms with Crippen molar-refractivity contribution >= 4 is 11.7 Å². The highest BCUT2D eigenvalue weighted by molar-refractivity contribution is 5.90. The summed E-state index contributed by atoms with van der Waals surface area (Å²) in [6.07, 6.45) is -4.53. The minimum atomic E-state index is -4.53. The van der Waals surface area contributed by atoms with E-state index in [0.717, 1.165) is 28.5 Å². The smallest absolute Gasteiger partial charge is 0.418 e. The van der Waals surface area contributed by atoms with Gasteiger partial charge in [0.2, 0.25) is 0 Å². The van der Waals surface area contributed by atoms with Gasteiger partial charge in [-0.2, -0.15) is 13.2 Å². The fraction of sp³-hybridized carbons (Fsp3) is 0.316. The number of urea groups is 1. The molecule has 4 nitrogen and oxygen atoms in total. The zero-order chi connectivity index (χ0) is 19.3. The molecule has 0 atom stereocenters. The molecule has 0 unspecified atom stereocenters. The molecule has 2 amide bonds. The summed E-state index contributed by atoms with van der Waals surface area (Å²) in [5, 5.41) is 4.70. The number of carbonyl (C=O) groups is 1. The van der Waals surface area contributed by atoms with Crippen LogP contribution in [0.15, 0.2) is 36.4 Å². The molecule has 26 heavy (non-hydrogen) atoms. The molecule has 0 aliphatic rings. The molecular weight excluding hydrogens is 345 g/mol. The number of ether oxygens (including phenoxy) is 1. The first-order valence-electron chi connectivity index (χ1n) is 8.10. The molecule has 0 fully saturated rings. The fourth-order valence-electron chi connectivity index (χ4n) is 2.42. The summed E-state index contributed by atoms with van der Waals surface area (Å²) in [7, 11) is 0. The quantitative estimate of drug-likeness (QED) is 0.745. The summed E-state index contributed by atoms with van der Waals surface area (Å²) in [5.74, 6) is 0.720. The SMILES string of the molecule is Cc1cc(C)c(OCCNC(=O)Nc2ccccc2C(F)(F)F)cc1C. The van der Waals surface area contributed by atoms with Crippen molar-refractivity contribution in [1.29, 1.82) is 0 Å². The number of alkyl halides is 3. The van der Waals surface area contributed by atoms with E-state index in [1.54, 1.807) is 0 Å². The number of halogens is 3. The number of hydrogen-bond donors (Lipinski definition) is 2. The van der Waals surface area contributed by atoms with Crippen molar-refractivity contribution in [2.75, 3.05) is 18.5 Å². The van der Waals surface area contributed by atoms with Gasteiger partial charge < -0.3 is 15.4 Å². The zero-order valence-electron chi connectivity index (χ0n) is 14.8. The summed E-state index contributed by atoms with van der Waals surface area (Å²) >= 11 is 0. The largest absolute Gasteiger partial charge is 0.491 e. The van der Waals surface area contributed by atoms with Gasteiger partial charge in [0.05, 0.1) is 17.8 Å². The number of para-hydroxylation sites is 1. The van der Waals surface area contributed by atoms with E-state index in [9.17, 15) is 18.0 Å². The van der Waals surface area contributed by atoms with Crippen LogP contribution in [0.25, 0.3) is 0 Å². The Bertz CT molecular complexity index is 789. The minimum Gasteiger partial charge on any atom is -0.491 e. The van der Waals surface area contributed by atoms with E-state index in [1.807, 2.05) is 32.9 Å². The van der Waals surface area contributed by atoms with E-state index in [4.69, 9.17) is 4.74 Å². The van der Waals surface area contributed by atoms with Gasteiger partial charge in [0.1, 0.15) is 12.4 Å². The molecular formula is C19H21F3N2O2. The molecule has 0 spiro atoms. The Morgan fingerprint density at radius 3 is 2.38 bits per heavy atom. The second-order valence-electron chi connectivity index (χ2n) is 5.97. The van der Waals surface area contributed by atoms with E-state index < -0.39 is 17.8 Å². The highest BCUT2D eigenvalue weighted by Crippen LogP contribution is 2.34. The summed E-state index contributed by atoms with van der Waals surface area (Å²) in [4.78, 5) is 11.8. The van der Waals surface area contributed by atoms with Crippen molar-refractivity contribution in [1.82, 2.24) is 5.32 Å². The second-order valence-corrected chi connectivity index (χ2v) is 5.97. The first-order chi connectivity index (χ1) is 12.2. The molecule has 0 aromatic heterocycles. The zero-order valence-corrected chi connectivity index (χ0v) is 14.8. The Morgan fingerprint density at radius 1 is 1.04 bits per heavy atom. The van der Waals surface area contributed by atoms with E-state index in [-0.39, 0.29) is 18.8 Å². The molecule has 0 saturated carbocycles. The predicted molar refractivity (Wildman–Crippen MR) is 94.6 cm³/mol. The normalized spacial score (nSPS) is 11.2. The van der Waals surface area contributed by atoms with E-state index >= 15 is 0 Å². The standard InChI is InChI=1S/C19H21F3N2O2/c1-12-10-14(3)17(11-13(12)2)26-9-8-23-18(25)24-16-7-5-4-6-15(16)19(20,21)22/h4-7,10-11H,8-9H2,1-3H3,(H2,23,24,25). The topological polar surface area (TPSA) is 50.4 Å². The first-order valence-corrected chi connectivity index (χ1v) is 8.10. The number of nitrogens with one attached hydrogen (secondary N) is 2. The van der Waals surface area contributed by atoms with Crippen LogP contribution in [-0.2, 0) is 6.18 Å². The van der Waals surface area contributed by atoms with Crippen LogP contribution in [0.4, 0.5) is 23.7 Å². The van der Waals surface area contributed by atoms with Gasteiger partial charge in [-0.25, -0.2) is 4.79 Å². The van der Waals surface area contributed by atoms with Crippen molar-refractivity contribution in [3.63, 3.8) is 0 Å². The number of aryl methyl sites for hydroxylation is 3. The average Bonchev–Trinajstić information content (AvgIpc) is 2.55. The number of hydrogen-bond acceptors (Lipinski definition) is 2. The van der Waals surface area contributed by atoms with Crippen LogP contribution in [0.5, 0.6) is 5.75 Å². The number of rotatable bonds is 5. The average molecular weight is 366 g/mol. The van der Waals surface area contributed by atoms with Crippen molar-refractivity contribution in [2.45, 2.75) is 26.9 Å². The van der Waals surface area contributed by atoms with E-state index in [0.29, 0.717) is 0 Å². The lowest BCUT2D eigenvalue weighted by Crippen LogP contribution is -2.32. The van der Waals surface area contributed by atoms with Gasteiger partial charge in [0.25, 0.3) is 0 Å². The Hall–Kier alpha value is -2.70. The molecule has 0 aliphatic heterocycles. The highest BCUT2D eigenvalue weighted by Gasteiger charge is 2.33. The van der Waals surface area contributed by atoms with Crippen LogP contribution >= 0.6 is 0 Å². The molecule has 0 bridgehead atoms. The van der Waals surface area contributed by atoms with Crippen molar-refractivity contribution in [3.8, 4) is 5.75 Å². The molecule has 0 heterocycles. The van der Waals surface area contributed by atoms with Gasteiger partial charge in [-0.3, -0.25) is 0 Å². The lowest BCUT2D eigenvalue weighted by Gasteiger charge is -2.15. The number of carbonyl (C=O) groups excluding carboxylic acids is 1.